The lowest BCUT2D eigenvalue weighted by Crippen LogP contribution is -2.06. The number of hydrogen-bond acceptors (Lipinski definition) is 3. The van der Waals surface area contributed by atoms with Gasteiger partial charge in [0.25, 0.3) is 0 Å². The van der Waals surface area contributed by atoms with Crippen LogP contribution in [-0.4, -0.2) is 19.5 Å². The van der Waals surface area contributed by atoms with Gasteiger partial charge in [-0.25, -0.2) is 15.0 Å². The van der Waals surface area contributed by atoms with Crippen LogP contribution < -0.4 is 0 Å². The van der Waals surface area contributed by atoms with Crippen molar-refractivity contribution in [3.8, 4) is 11.3 Å². The van der Waals surface area contributed by atoms with Gasteiger partial charge in [-0.05, 0) is 32.4 Å². The molecule has 4 nitrogen and oxygen atoms in total. The molecule has 0 amide bonds. The zero-order valence-corrected chi connectivity index (χ0v) is 15.2. The normalized spacial score (nSPS) is 11.2. The summed E-state index contributed by atoms with van der Waals surface area (Å²) in [5.41, 5.74) is 6.15. The van der Waals surface area contributed by atoms with E-state index in [2.05, 4.69) is 29.8 Å². The van der Waals surface area contributed by atoms with E-state index < -0.39 is 0 Å². The molecule has 26 heavy (non-hydrogen) atoms. The average molecular weight is 342 g/mol. The van der Waals surface area contributed by atoms with Crippen LogP contribution in [0.3, 0.4) is 0 Å². The van der Waals surface area contributed by atoms with Crippen molar-refractivity contribution in [1.82, 2.24) is 19.5 Å². The number of para-hydroxylation sites is 2. The Labute approximate surface area is 153 Å². The van der Waals surface area contributed by atoms with Crippen LogP contribution in [-0.2, 0) is 19.4 Å². The van der Waals surface area contributed by atoms with Crippen molar-refractivity contribution in [2.45, 2.75) is 33.2 Å². The molecule has 4 heteroatoms. The van der Waals surface area contributed by atoms with Crippen LogP contribution in [0.5, 0.6) is 0 Å². The first-order valence-electron chi connectivity index (χ1n) is 9.08. The highest BCUT2D eigenvalue weighted by Gasteiger charge is 2.11. The highest BCUT2D eigenvalue weighted by atomic mass is 15.1. The van der Waals surface area contributed by atoms with E-state index >= 15 is 0 Å². The second kappa shape index (κ2) is 7.08. The van der Waals surface area contributed by atoms with Crippen molar-refractivity contribution < 1.29 is 0 Å². The van der Waals surface area contributed by atoms with Crippen molar-refractivity contribution >= 4 is 11.0 Å². The Kier molecular flexibility index (Phi) is 4.48. The SMILES string of the molecule is CCn1cc(-c2ccccc2)nc1CCc1nc2ccccc2nc1C. The number of fused-ring (bicyclic) bond motifs is 1. The van der Waals surface area contributed by atoms with Gasteiger partial charge in [-0.3, -0.25) is 0 Å². The monoisotopic (exact) mass is 342 g/mol. The van der Waals surface area contributed by atoms with Gasteiger partial charge in [-0.2, -0.15) is 0 Å². The zero-order valence-electron chi connectivity index (χ0n) is 15.2. The molecule has 4 aromatic rings. The summed E-state index contributed by atoms with van der Waals surface area (Å²) < 4.78 is 2.23. The standard InChI is InChI=1S/C22H22N4/c1-3-26-15-21(17-9-5-4-6-10-17)25-22(26)14-13-18-16(2)23-19-11-7-8-12-20(19)24-18/h4-12,15H,3,13-14H2,1-2H3. The predicted molar refractivity (Wildman–Crippen MR) is 105 cm³/mol. The molecule has 0 atom stereocenters. The van der Waals surface area contributed by atoms with Crippen molar-refractivity contribution in [2.24, 2.45) is 0 Å². The van der Waals surface area contributed by atoms with Gasteiger partial charge in [-0.1, -0.05) is 42.5 Å². The van der Waals surface area contributed by atoms with Gasteiger partial charge >= 0.3 is 0 Å². The Morgan fingerprint density at radius 2 is 1.50 bits per heavy atom. The van der Waals surface area contributed by atoms with Gasteiger partial charge in [0, 0.05) is 24.7 Å². The molecule has 2 aromatic carbocycles. The fraction of sp³-hybridized carbons (Fsp3) is 0.227. The van der Waals surface area contributed by atoms with Gasteiger partial charge in [-0.15, -0.1) is 0 Å². The van der Waals surface area contributed by atoms with Gasteiger partial charge in [0.05, 0.1) is 28.1 Å². The maximum atomic E-state index is 4.87. The molecule has 0 saturated heterocycles. The molecule has 130 valence electrons. The van der Waals surface area contributed by atoms with Crippen LogP contribution in [0.25, 0.3) is 22.3 Å². The van der Waals surface area contributed by atoms with Gasteiger partial charge in [0.2, 0.25) is 0 Å². The maximum absolute atomic E-state index is 4.87. The molecule has 2 heterocycles. The molecule has 4 rings (SSSR count). The van der Waals surface area contributed by atoms with E-state index in [0.29, 0.717) is 0 Å². The number of nitrogens with zero attached hydrogens (tertiary/aromatic N) is 4. The minimum absolute atomic E-state index is 0.842. The summed E-state index contributed by atoms with van der Waals surface area (Å²) in [5.74, 6) is 1.10. The topological polar surface area (TPSA) is 43.6 Å². The first kappa shape index (κ1) is 16.5. The summed E-state index contributed by atoms with van der Waals surface area (Å²) in [6.07, 6.45) is 3.84. The van der Waals surface area contributed by atoms with Crippen LogP contribution >= 0.6 is 0 Å². The first-order valence-corrected chi connectivity index (χ1v) is 9.08. The van der Waals surface area contributed by atoms with Crippen molar-refractivity contribution in [1.29, 1.82) is 0 Å². The molecule has 0 radical (unpaired) electrons. The Hall–Kier alpha value is -3.01. The summed E-state index contributed by atoms with van der Waals surface area (Å²) in [6.45, 7) is 5.11. The zero-order chi connectivity index (χ0) is 17.9. The third kappa shape index (κ3) is 3.23. The van der Waals surface area contributed by atoms with E-state index in [4.69, 9.17) is 15.0 Å². The molecule has 0 unspecified atom stereocenters. The Morgan fingerprint density at radius 3 is 2.23 bits per heavy atom. The lowest BCUT2D eigenvalue weighted by atomic mass is 10.1. The first-order chi connectivity index (χ1) is 12.7. The summed E-state index contributed by atoms with van der Waals surface area (Å²) in [5, 5.41) is 0. The third-order valence-corrected chi connectivity index (χ3v) is 4.70. The van der Waals surface area contributed by atoms with E-state index in [0.717, 1.165) is 58.9 Å². The van der Waals surface area contributed by atoms with Crippen LogP contribution in [0.4, 0.5) is 0 Å². The third-order valence-electron chi connectivity index (χ3n) is 4.70. The van der Waals surface area contributed by atoms with Crippen LogP contribution in [0.15, 0.2) is 60.8 Å². The Morgan fingerprint density at radius 1 is 0.808 bits per heavy atom. The van der Waals surface area contributed by atoms with Gasteiger partial charge in [0.15, 0.2) is 0 Å². The minimum atomic E-state index is 0.842. The van der Waals surface area contributed by atoms with E-state index in [1.54, 1.807) is 0 Å². The number of aromatic nitrogens is 4. The molecule has 0 saturated carbocycles. The van der Waals surface area contributed by atoms with Crippen LogP contribution in [0.2, 0.25) is 0 Å². The number of hydrogen-bond donors (Lipinski definition) is 0. The molecule has 2 aromatic heterocycles. The van der Waals surface area contributed by atoms with E-state index in [9.17, 15) is 0 Å². The number of imidazole rings is 1. The van der Waals surface area contributed by atoms with Crippen molar-refractivity contribution in [3.63, 3.8) is 0 Å². The van der Waals surface area contributed by atoms with Crippen LogP contribution in [0.1, 0.15) is 24.1 Å². The highest BCUT2D eigenvalue weighted by Crippen LogP contribution is 2.20. The lowest BCUT2D eigenvalue weighted by Gasteiger charge is -2.07. The fourth-order valence-electron chi connectivity index (χ4n) is 3.27. The molecular formula is C22H22N4. The Bertz CT molecular complexity index is 1030. The number of aryl methyl sites for hydroxylation is 4. The van der Waals surface area contributed by atoms with Crippen molar-refractivity contribution in [2.75, 3.05) is 0 Å². The van der Waals surface area contributed by atoms with Crippen molar-refractivity contribution in [3.05, 3.63) is 78.0 Å². The predicted octanol–water partition coefficient (Wildman–Crippen LogP) is 4.61. The highest BCUT2D eigenvalue weighted by molar-refractivity contribution is 5.74. The van der Waals surface area contributed by atoms with Gasteiger partial charge in [0.1, 0.15) is 5.82 Å². The largest absolute Gasteiger partial charge is 0.335 e. The molecule has 0 aliphatic carbocycles. The number of benzene rings is 2. The molecule has 0 fully saturated rings. The van der Waals surface area contributed by atoms with E-state index in [1.807, 2.05) is 49.4 Å². The molecule has 0 N–H and O–H groups in total. The second-order valence-corrected chi connectivity index (χ2v) is 6.44. The van der Waals surface area contributed by atoms with Crippen LogP contribution in [0, 0.1) is 6.92 Å². The van der Waals surface area contributed by atoms with E-state index in [-0.39, 0.29) is 0 Å². The smallest absolute Gasteiger partial charge is 0.109 e. The van der Waals surface area contributed by atoms with Gasteiger partial charge < -0.3 is 4.57 Å². The number of rotatable bonds is 5. The summed E-state index contributed by atoms with van der Waals surface area (Å²) in [4.78, 5) is 14.4. The molecular weight excluding hydrogens is 320 g/mol. The average Bonchev–Trinajstić information content (AvgIpc) is 3.10. The quantitative estimate of drug-likeness (QED) is 0.532. The molecule has 0 aliphatic rings. The lowest BCUT2D eigenvalue weighted by molar-refractivity contribution is 0.684. The summed E-state index contributed by atoms with van der Waals surface area (Å²) >= 11 is 0. The molecule has 0 bridgehead atoms. The van der Waals surface area contributed by atoms with E-state index in [1.165, 1.54) is 0 Å². The molecule has 0 spiro atoms. The summed E-state index contributed by atoms with van der Waals surface area (Å²) in [6, 6.07) is 18.4. The maximum Gasteiger partial charge on any atom is 0.109 e. The second-order valence-electron chi connectivity index (χ2n) is 6.44. The minimum Gasteiger partial charge on any atom is -0.335 e. The summed E-state index contributed by atoms with van der Waals surface area (Å²) in [7, 11) is 0. The Balaban J connectivity index is 1.60. The fourth-order valence-corrected chi connectivity index (χ4v) is 3.27. The molecule has 0 aliphatic heterocycles.